The number of amides is 1. The topological polar surface area (TPSA) is 81.3 Å². The Bertz CT molecular complexity index is 1630. The Kier molecular flexibility index (Phi) is 5.45. The average molecular weight is 484 g/mol. The SMILES string of the molecule is Cc1cccn2c(NC(=O)CCn3cnc4sc5c(c4c3=O)CCCC5)c(-c3ccccc3)nc12. The van der Waals surface area contributed by atoms with Gasteiger partial charge in [0.2, 0.25) is 5.91 Å². The van der Waals surface area contributed by atoms with E-state index >= 15 is 0 Å². The normalized spacial score (nSPS) is 13.3. The van der Waals surface area contributed by atoms with Crippen molar-refractivity contribution in [2.45, 2.75) is 45.6 Å². The number of carbonyl (C=O) groups excluding carboxylic acids is 1. The molecule has 5 aromatic rings. The summed E-state index contributed by atoms with van der Waals surface area (Å²) >= 11 is 1.64. The standard InChI is InChI=1S/C27H25N5O2S/c1-17-8-7-14-32-24(17)30-23(18-9-3-2-4-10-18)25(32)29-21(33)13-15-31-16-28-26-22(27(31)34)19-11-5-6-12-20(19)35-26/h2-4,7-10,14,16H,5-6,11-13,15H2,1H3,(H,29,33). The Morgan fingerprint density at radius 1 is 1.11 bits per heavy atom. The van der Waals surface area contributed by atoms with Crippen molar-refractivity contribution in [1.82, 2.24) is 18.9 Å². The van der Waals surface area contributed by atoms with Crippen molar-refractivity contribution in [2.75, 3.05) is 5.32 Å². The van der Waals surface area contributed by atoms with E-state index in [0.29, 0.717) is 5.82 Å². The van der Waals surface area contributed by atoms with Crippen LogP contribution in [0, 0.1) is 6.92 Å². The monoisotopic (exact) mass is 483 g/mol. The molecular formula is C27H25N5O2S. The molecule has 1 aromatic carbocycles. The fourth-order valence-electron chi connectivity index (χ4n) is 4.88. The molecule has 0 saturated heterocycles. The van der Waals surface area contributed by atoms with Crippen LogP contribution >= 0.6 is 11.3 Å². The van der Waals surface area contributed by atoms with Gasteiger partial charge in [-0.05, 0) is 49.8 Å². The van der Waals surface area contributed by atoms with Crippen LogP contribution in [0.25, 0.3) is 27.1 Å². The first-order chi connectivity index (χ1) is 17.1. The van der Waals surface area contributed by atoms with E-state index in [9.17, 15) is 9.59 Å². The number of fused-ring (bicyclic) bond motifs is 4. The molecule has 35 heavy (non-hydrogen) atoms. The van der Waals surface area contributed by atoms with Crippen LogP contribution in [-0.4, -0.2) is 24.8 Å². The van der Waals surface area contributed by atoms with E-state index in [1.54, 1.807) is 22.2 Å². The zero-order valence-corrected chi connectivity index (χ0v) is 20.3. The van der Waals surface area contributed by atoms with Crippen LogP contribution < -0.4 is 10.9 Å². The van der Waals surface area contributed by atoms with Gasteiger partial charge in [0, 0.05) is 29.6 Å². The molecule has 4 aromatic heterocycles. The van der Waals surface area contributed by atoms with Gasteiger partial charge in [-0.3, -0.25) is 18.6 Å². The second kappa shape index (κ2) is 8.78. The molecule has 0 fully saturated rings. The number of nitrogens with zero attached hydrogens (tertiary/aromatic N) is 4. The molecule has 0 saturated carbocycles. The second-order valence-electron chi connectivity index (χ2n) is 8.99. The molecule has 0 spiro atoms. The van der Waals surface area contributed by atoms with E-state index in [1.165, 1.54) is 16.9 Å². The van der Waals surface area contributed by atoms with Gasteiger partial charge in [0.1, 0.15) is 22.0 Å². The number of thiophene rings is 1. The summed E-state index contributed by atoms with van der Waals surface area (Å²) in [5, 5.41) is 3.81. The number of aromatic nitrogens is 4. The number of benzene rings is 1. The molecule has 0 bridgehead atoms. The summed E-state index contributed by atoms with van der Waals surface area (Å²) in [6.07, 6.45) is 7.88. The average Bonchev–Trinajstić information content (AvgIpc) is 3.44. The van der Waals surface area contributed by atoms with Gasteiger partial charge in [0.15, 0.2) is 0 Å². The Morgan fingerprint density at radius 3 is 2.80 bits per heavy atom. The van der Waals surface area contributed by atoms with Crippen molar-refractivity contribution in [3.05, 3.63) is 81.3 Å². The maximum Gasteiger partial charge on any atom is 0.262 e. The zero-order chi connectivity index (χ0) is 23.9. The molecule has 0 aliphatic heterocycles. The third-order valence-corrected chi connectivity index (χ3v) is 7.87. The molecule has 1 aliphatic rings. The molecule has 176 valence electrons. The summed E-state index contributed by atoms with van der Waals surface area (Å²) in [6.45, 7) is 2.27. The Hall–Kier alpha value is -3.78. The highest BCUT2D eigenvalue weighted by atomic mass is 32.1. The summed E-state index contributed by atoms with van der Waals surface area (Å²) < 4.78 is 3.48. The van der Waals surface area contributed by atoms with Crippen LogP contribution in [-0.2, 0) is 24.2 Å². The number of hydrogen-bond acceptors (Lipinski definition) is 5. The maximum absolute atomic E-state index is 13.2. The molecule has 0 radical (unpaired) electrons. The molecule has 4 heterocycles. The minimum atomic E-state index is -0.176. The van der Waals surface area contributed by atoms with Crippen LogP contribution in [0.5, 0.6) is 0 Å². The van der Waals surface area contributed by atoms with Gasteiger partial charge < -0.3 is 5.32 Å². The summed E-state index contributed by atoms with van der Waals surface area (Å²) in [4.78, 5) is 37.8. The van der Waals surface area contributed by atoms with Crippen LogP contribution in [0.4, 0.5) is 5.82 Å². The van der Waals surface area contributed by atoms with E-state index in [1.807, 2.05) is 60.0 Å². The van der Waals surface area contributed by atoms with E-state index in [4.69, 9.17) is 4.98 Å². The molecular weight excluding hydrogens is 458 g/mol. The van der Waals surface area contributed by atoms with E-state index in [-0.39, 0.29) is 24.4 Å². The number of imidazole rings is 1. The predicted molar refractivity (Wildman–Crippen MR) is 139 cm³/mol. The highest BCUT2D eigenvalue weighted by Gasteiger charge is 2.21. The van der Waals surface area contributed by atoms with Crippen molar-refractivity contribution in [2.24, 2.45) is 0 Å². The molecule has 0 unspecified atom stereocenters. The molecule has 7 nitrogen and oxygen atoms in total. The van der Waals surface area contributed by atoms with Crippen LogP contribution in [0.15, 0.2) is 59.8 Å². The van der Waals surface area contributed by atoms with Crippen molar-refractivity contribution in [3.8, 4) is 11.3 Å². The summed E-state index contributed by atoms with van der Waals surface area (Å²) in [5.74, 6) is 0.456. The van der Waals surface area contributed by atoms with E-state index in [2.05, 4.69) is 10.3 Å². The number of rotatable bonds is 5. The lowest BCUT2D eigenvalue weighted by atomic mass is 9.97. The Balaban J connectivity index is 1.28. The van der Waals surface area contributed by atoms with Gasteiger partial charge in [-0.1, -0.05) is 36.4 Å². The third-order valence-electron chi connectivity index (χ3n) is 6.67. The summed E-state index contributed by atoms with van der Waals surface area (Å²) in [5.41, 5.74) is 4.60. The highest BCUT2D eigenvalue weighted by Crippen LogP contribution is 2.33. The Labute approximate surface area is 206 Å². The van der Waals surface area contributed by atoms with E-state index < -0.39 is 0 Å². The lowest BCUT2D eigenvalue weighted by Crippen LogP contribution is -2.24. The molecule has 1 N–H and O–H groups in total. The molecule has 0 atom stereocenters. The number of hydrogen-bond donors (Lipinski definition) is 1. The van der Waals surface area contributed by atoms with Crippen LogP contribution in [0.1, 0.15) is 35.3 Å². The van der Waals surface area contributed by atoms with Crippen molar-refractivity contribution >= 4 is 38.9 Å². The largest absolute Gasteiger partial charge is 0.310 e. The smallest absolute Gasteiger partial charge is 0.262 e. The van der Waals surface area contributed by atoms with Crippen molar-refractivity contribution in [1.29, 1.82) is 0 Å². The quantitative estimate of drug-likeness (QED) is 0.382. The fourth-order valence-corrected chi connectivity index (χ4v) is 6.10. The van der Waals surface area contributed by atoms with Gasteiger partial charge >= 0.3 is 0 Å². The summed E-state index contributed by atoms with van der Waals surface area (Å²) in [7, 11) is 0. The molecule has 8 heteroatoms. The molecule has 1 amide bonds. The number of pyridine rings is 1. The maximum atomic E-state index is 13.2. The summed E-state index contributed by atoms with van der Waals surface area (Å²) in [6, 6.07) is 13.8. The predicted octanol–water partition coefficient (Wildman–Crippen LogP) is 4.99. The van der Waals surface area contributed by atoms with Gasteiger partial charge in [-0.25, -0.2) is 9.97 Å². The minimum absolute atomic E-state index is 0.0439. The van der Waals surface area contributed by atoms with Crippen LogP contribution in [0.2, 0.25) is 0 Å². The van der Waals surface area contributed by atoms with Gasteiger partial charge in [0.25, 0.3) is 5.56 Å². The third kappa shape index (κ3) is 3.83. The lowest BCUT2D eigenvalue weighted by Gasteiger charge is -2.11. The highest BCUT2D eigenvalue weighted by molar-refractivity contribution is 7.18. The van der Waals surface area contributed by atoms with Gasteiger partial charge in [0.05, 0.1) is 11.7 Å². The minimum Gasteiger partial charge on any atom is -0.310 e. The number of carbonyl (C=O) groups is 1. The lowest BCUT2D eigenvalue weighted by molar-refractivity contribution is -0.116. The first-order valence-corrected chi connectivity index (χ1v) is 12.7. The van der Waals surface area contributed by atoms with Gasteiger partial charge in [-0.15, -0.1) is 11.3 Å². The Morgan fingerprint density at radius 2 is 1.94 bits per heavy atom. The van der Waals surface area contributed by atoms with Crippen LogP contribution in [0.3, 0.4) is 0 Å². The molecule has 1 aliphatic carbocycles. The molecule has 6 rings (SSSR count). The first kappa shape index (κ1) is 21.7. The first-order valence-electron chi connectivity index (χ1n) is 11.9. The van der Waals surface area contributed by atoms with Crippen molar-refractivity contribution < 1.29 is 4.79 Å². The fraction of sp³-hybridized carbons (Fsp3) is 0.259. The number of nitrogens with one attached hydrogen (secondary N) is 1. The van der Waals surface area contributed by atoms with Crippen molar-refractivity contribution in [3.63, 3.8) is 0 Å². The van der Waals surface area contributed by atoms with Gasteiger partial charge in [-0.2, -0.15) is 0 Å². The number of anilines is 1. The number of aryl methyl sites for hydroxylation is 4. The van der Waals surface area contributed by atoms with E-state index in [0.717, 1.165) is 51.9 Å². The second-order valence-corrected chi connectivity index (χ2v) is 10.1. The zero-order valence-electron chi connectivity index (χ0n) is 19.5.